The number of aromatic amines is 1. The molecule has 2 aromatic heterocycles. The van der Waals surface area contributed by atoms with E-state index in [0.29, 0.717) is 18.4 Å². The number of aromatic nitrogens is 4. The zero-order chi connectivity index (χ0) is 26.0. The minimum Gasteiger partial charge on any atom is -0.475 e. The van der Waals surface area contributed by atoms with Gasteiger partial charge in [-0.05, 0) is 50.0 Å². The van der Waals surface area contributed by atoms with Crippen molar-refractivity contribution in [2.24, 2.45) is 5.92 Å². The van der Waals surface area contributed by atoms with E-state index in [9.17, 15) is 0 Å². The number of H-pyrrole nitrogens is 1. The molecule has 0 fully saturated rings. The minimum absolute atomic E-state index is 0.490. The average Bonchev–Trinajstić information content (AvgIpc) is 3.35. The third kappa shape index (κ3) is 11.1. The Balaban J connectivity index is 1.27. The number of hydrogen-bond donors (Lipinski definition) is 1. The number of ether oxygens (including phenoxy) is 1. The molecule has 3 aromatic rings. The number of thioether (sulfide) groups is 1. The maximum absolute atomic E-state index is 6.05. The Kier molecular flexibility index (Phi) is 13.9. The third-order valence-electron chi connectivity index (χ3n) is 6.40. The number of allylic oxidation sites excluding steroid dienone is 4. The molecule has 0 radical (unpaired) electrons. The summed E-state index contributed by atoms with van der Waals surface area (Å²) in [5.41, 5.74) is 2.88. The summed E-state index contributed by atoms with van der Waals surface area (Å²) in [6.07, 6.45) is 24.7. The Morgan fingerprint density at radius 3 is 2.46 bits per heavy atom. The topological polar surface area (TPSA) is 63.7 Å². The Labute approximate surface area is 227 Å². The normalized spacial score (nSPS) is 12.7. The van der Waals surface area contributed by atoms with E-state index < -0.39 is 0 Å². The zero-order valence-corrected chi connectivity index (χ0v) is 23.5. The largest absolute Gasteiger partial charge is 0.475 e. The van der Waals surface area contributed by atoms with Gasteiger partial charge in [-0.3, -0.25) is 5.10 Å². The number of nitrogens with one attached hydrogen (secondary N) is 1. The van der Waals surface area contributed by atoms with Gasteiger partial charge in [0.15, 0.2) is 5.52 Å². The van der Waals surface area contributed by atoms with Crippen LogP contribution < -0.4 is 4.74 Å². The molecular weight excluding hydrogens is 476 g/mol. The van der Waals surface area contributed by atoms with Crippen LogP contribution in [0.4, 0.5) is 0 Å². The van der Waals surface area contributed by atoms with E-state index in [1.165, 1.54) is 69.8 Å². The summed E-state index contributed by atoms with van der Waals surface area (Å²) in [6.45, 7) is 5.17. The summed E-state index contributed by atoms with van der Waals surface area (Å²) in [7, 11) is 0. The van der Waals surface area contributed by atoms with Gasteiger partial charge in [-0.15, -0.1) is 5.10 Å². The van der Waals surface area contributed by atoms with Crippen LogP contribution in [0.1, 0.15) is 90.0 Å². The van der Waals surface area contributed by atoms with Crippen LogP contribution in [0.3, 0.4) is 0 Å². The van der Waals surface area contributed by atoms with Gasteiger partial charge in [0, 0.05) is 5.75 Å². The van der Waals surface area contributed by atoms with Crippen molar-refractivity contribution in [3.8, 4) is 5.88 Å². The highest BCUT2D eigenvalue weighted by atomic mass is 32.2. The van der Waals surface area contributed by atoms with Gasteiger partial charge < -0.3 is 4.74 Å². The Hall–Kier alpha value is -2.60. The van der Waals surface area contributed by atoms with Crippen LogP contribution in [0.25, 0.3) is 11.0 Å². The fraction of sp³-hybridized carbons (Fsp3) is 0.516. The Bertz CT molecular complexity index is 1060. The van der Waals surface area contributed by atoms with Gasteiger partial charge in [0.05, 0.1) is 6.61 Å². The van der Waals surface area contributed by atoms with Gasteiger partial charge in [0.25, 0.3) is 5.88 Å². The first-order valence-corrected chi connectivity index (χ1v) is 15.0. The van der Waals surface area contributed by atoms with Crippen molar-refractivity contribution in [2.45, 2.75) is 95.3 Å². The van der Waals surface area contributed by atoms with Crippen molar-refractivity contribution in [3.63, 3.8) is 0 Å². The highest BCUT2D eigenvalue weighted by Gasteiger charge is 2.14. The second-order valence-corrected chi connectivity index (χ2v) is 10.8. The van der Waals surface area contributed by atoms with E-state index >= 15 is 0 Å². The highest BCUT2D eigenvalue weighted by molar-refractivity contribution is 7.98. The lowest BCUT2D eigenvalue weighted by Gasteiger charge is -2.11. The molecule has 5 nitrogen and oxygen atoms in total. The lowest BCUT2D eigenvalue weighted by atomic mass is 10.0. The average molecular weight is 521 g/mol. The molecule has 0 spiro atoms. The quantitative estimate of drug-likeness (QED) is 0.0739. The molecule has 0 aliphatic heterocycles. The van der Waals surface area contributed by atoms with Crippen molar-refractivity contribution in [1.82, 2.24) is 20.2 Å². The smallest absolute Gasteiger partial charge is 0.259 e. The first kappa shape index (κ1) is 29.0. The predicted octanol–water partition coefficient (Wildman–Crippen LogP) is 9.08. The lowest BCUT2D eigenvalue weighted by molar-refractivity contribution is 0.242. The molecule has 0 amide bonds. The van der Waals surface area contributed by atoms with Gasteiger partial charge in [0.1, 0.15) is 16.9 Å². The zero-order valence-electron chi connectivity index (χ0n) is 22.7. The highest BCUT2D eigenvalue weighted by Crippen LogP contribution is 2.30. The maximum atomic E-state index is 6.05. The molecule has 200 valence electrons. The molecule has 0 aliphatic rings. The monoisotopic (exact) mass is 520 g/mol. The van der Waals surface area contributed by atoms with E-state index in [2.05, 4.69) is 82.6 Å². The maximum Gasteiger partial charge on any atom is 0.259 e. The summed E-state index contributed by atoms with van der Waals surface area (Å²) >= 11 is 1.68. The number of rotatable bonds is 19. The number of hydrogen-bond acceptors (Lipinski definition) is 5. The standard InChI is InChI=1S/C31H44N4OS/c1-3-4-5-6-7-8-9-10-11-12-13-14-15-17-20-26(2)23-36-30-28-29(34-35-30)31(33-25-32-28)37-24-27-21-18-16-19-22-27/h7-8,10-11,16,18-19,21-22,25-26H,3-6,9,12-15,17,20,23-24H2,1-2H3,(H,34,35)/b8-7-,11-10-. The van der Waals surface area contributed by atoms with E-state index in [1.807, 2.05) is 6.07 Å². The van der Waals surface area contributed by atoms with E-state index in [1.54, 1.807) is 18.1 Å². The van der Waals surface area contributed by atoms with Crippen LogP contribution in [0.15, 0.2) is 66.0 Å². The summed E-state index contributed by atoms with van der Waals surface area (Å²) < 4.78 is 6.05. The molecule has 1 N–H and O–H groups in total. The molecule has 0 aliphatic carbocycles. The molecule has 6 heteroatoms. The second-order valence-electron chi connectivity index (χ2n) is 9.79. The minimum atomic E-state index is 0.490. The van der Waals surface area contributed by atoms with Crippen molar-refractivity contribution >= 4 is 22.8 Å². The molecule has 37 heavy (non-hydrogen) atoms. The van der Waals surface area contributed by atoms with Crippen LogP contribution in [0.5, 0.6) is 5.88 Å². The Morgan fingerprint density at radius 2 is 1.68 bits per heavy atom. The van der Waals surface area contributed by atoms with Crippen LogP contribution in [0.2, 0.25) is 0 Å². The number of nitrogens with zero attached hydrogens (tertiary/aromatic N) is 3. The summed E-state index contributed by atoms with van der Waals surface area (Å²) in [4.78, 5) is 8.87. The lowest BCUT2D eigenvalue weighted by Crippen LogP contribution is -2.09. The molecule has 1 unspecified atom stereocenters. The van der Waals surface area contributed by atoms with Gasteiger partial charge >= 0.3 is 0 Å². The number of fused-ring (bicyclic) bond motifs is 1. The van der Waals surface area contributed by atoms with Crippen LogP contribution in [-0.4, -0.2) is 26.8 Å². The van der Waals surface area contributed by atoms with Crippen LogP contribution in [0, 0.1) is 5.92 Å². The van der Waals surface area contributed by atoms with Gasteiger partial charge in [-0.2, -0.15) is 0 Å². The van der Waals surface area contributed by atoms with Crippen molar-refractivity contribution in [1.29, 1.82) is 0 Å². The SMILES string of the molecule is CCCCC/C=C\C/C=C\CCCCCCC(C)COc1n[nH]c2c(SCc3ccccc3)ncnc12. The van der Waals surface area contributed by atoms with Crippen molar-refractivity contribution < 1.29 is 4.74 Å². The first-order valence-electron chi connectivity index (χ1n) is 14.1. The van der Waals surface area contributed by atoms with Gasteiger partial charge in [0.2, 0.25) is 0 Å². The molecule has 0 saturated carbocycles. The van der Waals surface area contributed by atoms with Crippen LogP contribution >= 0.6 is 11.8 Å². The number of benzene rings is 1. The number of unbranched alkanes of at least 4 members (excludes halogenated alkanes) is 7. The van der Waals surface area contributed by atoms with E-state index in [-0.39, 0.29) is 0 Å². The molecule has 1 aromatic carbocycles. The predicted molar refractivity (Wildman–Crippen MR) is 157 cm³/mol. The van der Waals surface area contributed by atoms with E-state index in [4.69, 9.17) is 4.74 Å². The fourth-order valence-corrected chi connectivity index (χ4v) is 5.06. The molecule has 0 saturated heterocycles. The van der Waals surface area contributed by atoms with Crippen molar-refractivity contribution in [2.75, 3.05) is 6.61 Å². The second kappa shape index (κ2) is 17.8. The Morgan fingerprint density at radius 1 is 0.919 bits per heavy atom. The molecular formula is C31H44N4OS. The van der Waals surface area contributed by atoms with Crippen molar-refractivity contribution in [3.05, 3.63) is 66.5 Å². The summed E-state index contributed by atoms with van der Waals surface area (Å²) in [5, 5.41) is 8.37. The summed E-state index contributed by atoms with van der Waals surface area (Å²) in [5.74, 6) is 1.92. The molecule has 0 bridgehead atoms. The molecule has 2 heterocycles. The summed E-state index contributed by atoms with van der Waals surface area (Å²) in [6, 6.07) is 10.4. The van der Waals surface area contributed by atoms with Crippen LogP contribution in [-0.2, 0) is 5.75 Å². The van der Waals surface area contributed by atoms with Gasteiger partial charge in [-0.1, -0.05) is 112 Å². The first-order chi connectivity index (χ1) is 18.3. The van der Waals surface area contributed by atoms with Gasteiger partial charge in [-0.25, -0.2) is 9.97 Å². The third-order valence-corrected chi connectivity index (χ3v) is 7.47. The molecule has 1 atom stereocenters. The fourth-order valence-electron chi connectivity index (χ4n) is 4.16. The molecule has 3 rings (SSSR count). The van der Waals surface area contributed by atoms with E-state index in [0.717, 1.165) is 28.2 Å².